The smallest absolute Gasteiger partial charge is 0.335 e. The van der Waals surface area contributed by atoms with E-state index in [1.165, 1.54) is 36.4 Å². The standard InChI is InChI=1S/C31H25FN2O4S.C25H20FNO3/c1-22-14-19-29(28-12-5-6-13-30(28)38-21-23-15-17-25(32)18-16-23)34(22)26-9-7-8-24(20-26)31(35)33-39(36,37)27-10-3-2-4-11-27;1-17-9-14-23(27(17)21-6-4-5-19(15-21)25(28)29)22-7-2-3-8-24(22)30-16-18-10-12-20(26)13-11-18/h2-20H,21H2,1H3,(H,33,35);2-15H,16H2,1H3,(H,28,29). The number of hydrogen-bond acceptors (Lipinski definition) is 6. The average molecular weight is 942 g/mol. The van der Waals surface area contributed by atoms with Gasteiger partial charge in [-0.25, -0.2) is 26.7 Å². The van der Waals surface area contributed by atoms with Gasteiger partial charge < -0.3 is 23.7 Å². The molecule has 9 rings (SSSR count). The minimum atomic E-state index is -4.01. The lowest BCUT2D eigenvalue weighted by molar-refractivity contribution is 0.0696. The van der Waals surface area contributed by atoms with Gasteiger partial charge >= 0.3 is 5.97 Å². The molecule has 0 fully saturated rings. The van der Waals surface area contributed by atoms with Crippen molar-refractivity contribution in [1.82, 2.24) is 13.9 Å². The molecule has 2 aromatic heterocycles. The van der Waals surface area contributed by atoms with Crippen molar-refractivity contribution in [3.8, 4) is 45.4 Å². The first-order valence-corrected chi connectivity index (χ1v) is 23.2. The second kappa shape index (κ2) is 21.0. The van der Waals surface area contributed by atoms with Crippen molar-refractivity contribution in [1.29, 1.82) is 0 Å². The number of benzene rings is 7. The van der Waals surface area contributed by atoms with E-state index in [9.17, 15) is 31.9 Å². The number of amides is 1. The minimum Gasteiger partial charge on any atom is -0.488 e. The van der Waals surface area contributed by atoms with Gasteiger partial charge in [-0.2, -0.15) is 0 Å². The Morgan fingerprint density at radius 3 is 1.43 bits per heavy atom. The molecule has 0 atom stereocenters. The number of para-hydroxylation sites is 2. The Morgan fingerprint density at radius 1 is 0.522 bits per heavy atom. The van der Waals surface area contributed by atoms with Crippen LogP contribution in [0.25, 0.3) is 33.9 Å². The summed E-state index contributed by atoms with van der Waals surface area (Å²) in [5.41, 5.74) is 8.90. The molecule has 0 spiro atoms. The van der Waals surface area contributed by atoms with E-state index in [0.717, 1.165) is 50.7 Å². The number of aromatic nitrogens is 2. The molecule has 13 heteroatoms. The van der Waals surface area contributed by atoms with E-state index in [4.69, 9.17) is 9.47 Å². The van der Waals surface area contributed by atoms with Crippen molar-refractivity contribution in [2.24, 2.45) is 0 Å². The van der Waals surface area contributed by atoms with Gasteiger partial charge in [0.05, 0.1) is 21.8 Å². The zero-order valence-electron chi connectivity index (χ0n) is 37.4. The van der Waals surface area contributed by atoms with Crippen LogP contribution in [0, 0.1) is 25.5 Å². The van der Waals surface area contributed by atoms with Gasteiger partial charge in [0.1, 0.15) is 36.3 Å². The largest absolute Gasteiger partial charge is 0.488 e. The summed E-state index contributed by atoms with van der Waals surface area (Å²) in [6.07, 6.45) is 0. The number of rotatable bonds is 14. The third kappa shape index (κ3) is 11.2. The molecule has 69 heavy (non-hydrogen) atoms. The van der Waals surface area contributed by atoms with E-state index < -0.39 is 21.9 Å². The van der Waals surface area contributed by atoms with E-state index in [1.54, 1.807) is 78.9 Å². The molecular weight excluding hydrogens is 897 g/mol. The molecule has 0 radical (unpaired) electrons. The lowest BCUT2D eigenvalue weighted by atomic mass is 10.1. The third-order valence-corrected chi connectivity index (χ3v) is 12.4. The number of hydrogen-bond donors (Lipinski definition) is 2. The summed E-state index contributed by atoms with van der Waals surface area (Å²) in [6.45, 7) is 4.49. The van der Waals surface area contributed by atoms with Crippen LogP contribution in [0.3, 0.4) is 0 Å². The summed E-state index contributed by atoms with van der Waals surface area (Å²) >= 11 is 0. The van der Waals surface area contributed by atoms with E-state index in [0.29, 0.717) is 23.8 Å². The van der Waals surface area contributed by atoms with Gasteiger partial charge in [0.25, 0.3) is 15.9 Å². The quantitative estimate of drug-likeness (QED) is 0.111. The Hall–Kier alpha value is -8.55. The molecule has 0 saturated carbocycles. The summed E-state index contributed by atoms with van der Waals surface area (Å²) in [6, 6.07) is 56.9. The number of nitrogens with zero attached hydrogens (tertiary/aromatic N) is 2. The number of aromatic carboxylic acids is 1. The maximum atomic E-state index is 13.3. The van der Waals surface area contributed by atoms with Gasteiger partial charge in [0.2, 0.25) is 0 Å². The van der Waals surface area contributed by atoms with Crippen molar-refractivity contribution in [2.75, 3.05) is 0 Å². The highest BCUT2D eigenvalue weighted by atomic mass is 32.2. The molecule has 0 unspecified atom stereocenters. The number of halogens is 2. The number of nitrogens with one attached hydrogen (secondary N) is 1. The molecule has 346 valence electrons. The molecule has 0 aliphatic rings. The van der Waals surface area contributed by atoms with Gasteiger partial charge in [-0.3, -0.25) is 4.79 Å². The Labute approximate surface area is 398 Å². The van der Waals surface area contributed by atoms with Gasteiger partial charge in [0, 0.05) is 39.5 Å². The number of carbonyl (C=O) groups excluding carboxylic acids is 1. The number of aryl methyl sites for hydroxylation is 2. The molecule has 0 saturated heterocycles. The van der Waals surface area contributed by atoms with Crippen LogP contribution in [-0.2, 0) is 23.2 Å². The van der Waals surface area contributed by atoms with Crippen LogP contribution in [0.1, 0.15) is 43.2 Å². The van der Waals surface area contributed by atoms with Crippen molar-refractivity contribution in [2.45, 2.75) is 32.0 Å². The number of ether oxygens (including phenoxy) is 2. The SMILES string of the molecule is Cc1ccc(-c2ccccc2OCc2ccc(F)cc2)n1-c1cccc(C(=O)NS(=O)(=O)c2ccccc2)c1.Cc1ccc(-c2ccccc2OCc2ccc(F)cc2)n1-c1cccc(C(=O)O)c1. The molecule has 2 N–H and O–H groups in total. The van der Waals surface area contributed by atoms with Crippen LogP contribution in [-0.4, -0.2) is 34.5 Å². The fourth-order valence-electron chi connectivity index (χ4n) is 7.68. The van der Waals surface area contributed by atoms with E-state index in [-0.39, 0.29) is 34.3 Å². The van der Waals surface area contributed by atoms with Crippen LogP contribution in [0.5, 0.6) is 11.5 Å². The Balaban J connectivity index is 0.000000192. The molecule has 7 aromatic carbocycles. The Morgan fingerprint density at radius 2 is 0.957 bits per heavy atom. The van der Waals surface area contributed by atoms with Crippen LogP contribution >= 0.6 is 0 Å². The summed E-state index contributed by atoms with van der Waals surface area (Å²) in [4.78, 5) is 24.4. The average Bonchev–Trinajstić information content (AvgIpc) is 3.95. The fourth-order valence-corrected chi connectivity index (χ4v) is 8.67. The predicted molar refractivity (Wildman–Crippen MR) is 261 cm³/mol. The summed E-state index contributed by atoms with van der Waals surface area (Å²) in [7, 11) is -4.01. The number of carboxylic acids is 1. The second-order valence-electron chi connectivity index (χ2n) is 15.9. The maximum Gasteiger partial charge on any atom is 0.335 e. The molecule has 10 nitrogen and oxygen atoms in total. The predicted octanol–water partition coefficient (Wildman–Crippen LogP) is 12.2. The first kappa shape index (κ1) is 47.0. The van der Waals surface area contributed by atoms with Crippen LogP contribution < -0.4 is 14.2 Å². The highest BCUT2D eigenvalue weighted by Gasteiger charge is 2.21. The summed E-state index contributed by atoms with van der Waals surface area (Å²) in [5.74, 6) is -0.946. The second-order valence-corrected chi connectivity index (χ2v) is 17.5. The first-order chi connectivity index (χ1) is 33.3. The highest BCUT2D eigenvalue weighted by Crippen LogP contribution is 2.36. The molecular formula is C56H45F2N3O7S. The van der Waals surface area contributed by atoms with Crippen LogP contribution in [0.4, 0.5) is 8.78 Å². The van der Waals surface area contributed by atoms with Crippen molar-refractivity contribution in [3.63, 3.8) is 0 Å². The normalized spacial score (nSPS) is 11.0. The van der Waals surface area contributed by atoms with Gasteiger partial charge in [-0.05, 0) is 146 Å². The van der Waals surface area contributed by atoms with E-state index >= 15 is 0 Å². The number of sulfonamides is 1. The topological polar surface area (TPSA) is 129 Å². The monoisotopic (exact) mass is 941 g/mol. The molecule has 9 aromatic rings. The molecule has 0 aliphatic carbocycles. The molecule has 0 aliphatic heterocycles. The van der Waals surface area contributed by atoms with Crippen molar-refractivity contribution < 1.29 is 41.4 Å². The minimum absolute atomic E-state index is 0.00953. The maximum absolute atomic E-state index is 13.3. The van der Waals surface area contributed by atoms with E-state index in [2.05, 4.69) is 4.72 Å². The van der Waals surface area contributed by atoms with Crippen LogP contribution in [0.15, 0.2) is 205 Å². The Bertz CT molecular complexity index is 3370. The van der Waals surface area contributed by atoms with Gasteiger partial charge in [-0.15, -0.1) is 0 Å². The third-order valence-electron chi connectivity index (χ3n) is 11.1. The van der Waals surface area contributed by atoms with Gasteiger partial charge in [-0.1, -0.05) is 78.9 Å². The lowest BCUT2D eigenvalue weighted by Crippen LogP contribution is -2.30. The number of carboxylic acid groups (broad SMARTS) is 1. The van der Waals surface area contributed by atoms with Crippen molar-refractivity contribution >= 4 is 21.9 Å². The van der Waals surface area contributed by atoms with Gasteiger partial charge in [0.15, 0.2) is 0 Å². The van der Waals surface area contributed by atoms with E-state index in [1.807, 2.05) is 108 Å². The molecule has 1 amide bonds. The Kier molecular flexibility index (Phi) is 14.3. The van der Waals surface area contributed by atoms with Crippen molar-refractivity contribution in [3.05, 3.63) is 245 Å². The zero-order chi connectivity index (χ0) is 48.5. The summed E-state index contributed by atoms with van der Waals surface area (Å²) in [5, 5.41) is 9.35. The number of carbonyl (C=O) groups is 2. The highest BCUT2D eigenvalue weighted by molar-refractivity contribution is 7.90. The zero-order valence-corrected chi connectivity index (χ0v) is 38.2. The molecule has 2 heterocycles. The summed E-state index contributed by atoms with van der Waals surface area (Å²) < 4.78 is 70.1. The fraction of sp³-hybridized carbons (Fsp3) is 0.0714. The van der Waals surface area contributed by atoms with Crippen LogP contribution in [0.2, 0.25) is 0 Å². The first-order valence-electron chi connectivity index (χ1n) is 21.7. The molecule has 0 bridgehead atoms. The lowest BCUT2D eigenvalue weighted by Gasteiger charge is -2.16.